The third-order valence-corrected chi connectivity index (χ3v) is 3.71. The zero-order valence-corrected chi connectivity index (χ0v) is 13.4. The fourth-order valence-corrected chi connectivity index (χ4v) is 2.60. The minimum Gasteiger partial charge on any atom is -0.377 e. The van der Waals surface area contributed by atoms with E-state index in [1.165, 1.54) is 5.56 Å². The summed E-state index contributed by atoms with van der Waals surface area (Å²) in [5.74, 6) is 0.320. The van der Waals surface area contributed by atoms with Crippen LogP contribution in [0.1, 0.15) is 31.9 Å². The van der Waals surface area contributed by atoms with Crippen LogP contribution in [0.25, 0.3) is 0 Å². The first-order valence-electron chi connectivity index (χ1n) is 7.96. The van der Waals surface area contributed by atoms with Gasteiger partial charge < -0.3 is 20.1 Å². The van der Waals surface area contributed by atoms with Crippen molar-refractivity contribution in [3.05, 3.63) is 35.9 Å². The van der Waals surface area contributed by atoms with Crippen LogP contribution < -0.4 is 10.6 Å². The smallest absolute Gasteiger partial charge is 0.314 e. The van der Waals surface area contributed by atoms with Crippen molar-refractivity contribution in [3.63, 3.8) is 0 Å². The molecule has 22 heavy (non-hydrogen) atoms. The number of hydrogen-bond acceptors (Lipinski definition) is 3. The van der Waals surface area contributed by atoms with Crippen molar-refractivity contribution >= 4 is 6.03 Å². The molecule has 0 aromatic heterocycles. The van der Waals surface area contributed by atoms with Gasteiger partial charge in [-0.3, -0.25) is 0 Å². The lowest BCUT2D eigenvalue weighted by atomic mass is 9.95. The van der Waals surface area contributed by atoms with Crippen molar-refractivity contribution in [2.24, 2.45) is 5.92 Å². The third-order valence-electron chi connectivity index (χ3n) is 3.71. The van der Waals surface area contributed by atoms with Crippen LogP contribution in [0.4, 0.5) is 4.79 Å². The summed E-state index contributed by atoms with van der Waals surface area (Å²) < 4.78 is 11.2. The Labute approximate surface area is 132 Å². The maximum atomic E-state index is 11.8. The molecule has 1 heterocycles. The molecule has 2 atom stereocenters. The van der Waals surface area contributed by atoms with Gasteiger partial charge in [0.05, 0.1) is 18.8 Å². The quantitative estimate of drug-likeness (QED) is 0.761. The summed E-state index contributed by atoms with van der Waals surface area (Å²) in [5.41, 5.74) is 1.18. The fraction of sp³-hybridized carbons (Fsp3) is 0.588. The normalized spacial score (nSPS) is 21.0. The van der Waals surface area contributed by atoms with Crippen LogP contribution in [0, 0.1) is 5.92 Å². The maximum absolute atomic E-state index is 11.8. The maximum Gasteiger partial charge on any atom is 0.314 e. The number of amides is 2. The average molecular weight is 306 g/mol. The summed E-state index contributed by atoms with van der Waals surface area (Å²) in [7, 11) is 0. The highest BCUT2D eigenvalue weighted by atomic mass is 16.5. The number of hydrogen-bond donors (Lipinski definition) is 2. The van der Waals surface area contributed by atoms with Gasteiger partial charge in [-0.05, 0) is 25.8 Å². The lowest BCUT2D eigenvalue weighted by Gasteiger charge is -2.19. The summed E-state index contributed by atoms with van der Waals surface area (Å²) in [6.07, 6.45) is 1.23. The number of urea groups is 1. The lowest BCUT2D eigenvalue weighted by molar-refractivity contribution is 0.0813. The Bertz CT molecular complexity index is 450. The van der Waals surface area contributed by atoms with Crippen molar-refractivity contribution in [2.75, 3.05) is 26.3 Å². The van der Waals surface area contributed by atoms with Crippen LogP contribution in [-0.4, -0.2) is 38.4 Å². The largest absolute Gasteiger partial charge is 0.377 e. The molecule has 122 valence electrons. The predicted octanol–water partition coefficient (Wildman–Crippen LogP) is 2.49. The Morgan fingerprint density at radius 2 is 2.09 bits per heavy atom. The number of carbonyl (C=O) groups is 1. The van der Waals surface area contributed by atoms with E-state index in [2.05, 4.69) is 22.8 Å². The Hall–Kier alpha value is -1.59. The van der Waals surface area contributed by atoms with Crippen molar-refractivity contribution in [1.29, 1.82) is 0 Å². The molecule has 0 unspecified atom stereocenters. The Balaban J connectivity index is 1.70. The van der Waals surface area contributed by atoms with Gasteiger partial charge >= 0.3 is 6.03 Å². The van der Waals surface area contributed by atoms with Gasteiger partial charge in [-0.1, -0.05) is 30.3 Å². The monoisotopic (exact) mass is 306 g/mol. The number of benzene rings is 1. The van der Waals surface area contributed by atoms with Gasteiger partial charge in [0.1, 0.15) is 0 Å². The first-order valence-corrected chi connectivity index (χ1v) is 7.96. The molecule has 0 bridgehead atoms. The van der Waals surface area contributed by atoms with Gasteiger partial charge in [0, 0.05) is 25.6 Å². The average Bonchev–Trinajstić information content (AvgIpc) is 2.99. The molecule has 0 aliphatic carbocycles. The van der Waals surface area contributed by atoms with Crippen molar-refractivity contribution < 1.29 is 14.3 Å². The number of ether oxygens (including phenoxy) is 2. The zero-order chi connectivity index (χ0) is 15.8. The highest BCUT2D eigenvalue weighted by molar-refractivity contribution is 5.73. The van der Waals surface area contributed by atoms with E-state index in [1.54, 1.807) is 0 Å². The molecule has 1 saturated heterocycles. The second-order valence-electron chi connectivity index (χ2n) is 5.81. The minimum absolute atomic E-state index is 0.0748. The molecule has 0 spiro atoms. The summed E-state index contributed by atoms with van der Waals surface area (Å²) in [6.45, 7) is 6.37. The van der Waals surface area contributed by atoms with Gasteiger partial charge in [-0.25, -0.2) is 4.79 Å². The SMILES string of the molecule is CC(C)OCCNC(=O)NC[C@H]1CCO[C@@H]1c1ccccc1. The Morgan fingerprint density at radius 1 is 1.32 bits per heavy atom. The Morgan fingerprint density at radius 3 is 2.82 bits per heavy atom. The van der Waals surface area contributed by atoms with Crippen LogP contribution in [0.3, 0.4) is 0 Å². The van der Waals surface area contributed by atoms with Crippen LogP contribution in [0.15, 0.2) is 30.3 Å². The first-order chi connectivity index (χ1) is 10.7. The molecule has 2 N–H and O–H groups in total. The van der Waals surface area contributed by atoms with Crippen molar-refractivity contribution in [3.8, 4) is 0 Å². The first kappa shape index (κ1) is 16.8. The number of nitrogens with one attached hydrogen (secondary N) is 2. The second kappa shape index (κ2) is 8.76. The zero-order valence-electron chi connectivity index (χ0n) is 13.4. The minimum atomic E-state index is -0.147. The second-order valence-corrected chi connectivity index (χ2v) is 5.81. The highest BCUT2D eigenvalue weighted by Gasteiger charge is 2.29. The third kappa shape index (κ3) is 5.31. The molecule has 1 aromatic rings. The van der Waals surface area contributed by atoms with E-state index in [9.17, 15) is 4.79 Å². The van der Waals surface area contributed by atoms with Crippen molar-refractivity contribution in [1.82, 2.24) is 10.6 Å². The summed E-state index contributed by atoms with van der Waals surface area (Å²) in [5, 5.41) is 5.73. The molecular formula is C17H26N2O3. The summed E-state index contributed by atoms with van der Waals surface area (Å²) in [4.78, 5) is 11.8. The van der Waals surface area contributed by atoms with E-state index >= 15 is 0 Å². The number of rotatable bonds is 7. The molecule has 1 aromatic carbocycles. The summed E-state index contributed by atoms with van der Waals surface area (Å²) >= 11 is 0. The molecule has 1 aliphatic rings. The van der Waals surface area contributed by atoms with Gasteiger partial charge in [0.25, 0.3) is 0 Å². The van der Waals surface area contributed by atoms with E-state index in [4.69, 9.17) is 9.47 Å². The van der Waals surface area contributed by atoms with E-state index in [1.807, 2.05) is 32.0 Å². The van der Waals surface area contributed by atoms with E-state index < -0.39 is 0 Å². The molecule has 2 rings (SSSR count). The van der Waals surface area contributed by atoms with Crippen LogP contribution >= 0.6 is 0 Å². The van der Waals surface area contributed by atoms with Crippen LogP contribution in [0.2, 0.25) is 0 Å². The van der Waals surface area contributed by atoms with Gasteiger partial charge in [0.2, 0.25) is 0 Å². The standard InChI is InChI=1S/C17H26N2O3/c1-13(2)21-11-9-18-17(20)19-12-15-8-10-22-16(15)14-6-4-3-5-7-14/h3-7,13,15-16H,8-12H2,1-2H3,(H2,18,19,20)/t15-,16-/m1/s1. The van der Waals surface area contributed by atoms with Gasteiger partial charge in [-0.2, -0.15) is 0 Å². The molecule has 5 nitrogen and oxygen atoms in total. The fourth-order valence-electron chi connectivity index (χ4n) is 2.60. The molecule has 0 radical (unpaired) electrons. The summed E-state index contributed by atoms with van der Waals surface area (Å²) in [6, 6.07) is 10.0. The topological polar surface area (TPSA) is 59.6 Å². The van der Waals surface area contributed by atoms with Crippen LogP contribution in [-0.2, 0) is 9.47 Å². The number of carbonyl (C=O) groups excluding carboxylic acids is 1. The molecule has 1 fully saturated rings. The van der Waals surface area contributed by atoms with Crippen molar-refractivity contribution in [2.45, 2.75) is 32.5 Å². The van der Waals surface area contributed by atoms with E-state index in [0.29, 0.717) is 25.6 Å². The molecule has 1 aliphatic heterocycles. The molecule has 5 heteroatoms. The van der Waals surface area contributed by atoms with E-state index in [0.717, 1.165) is 13.0 Å². The highest BCUT2D eigenvalue weighted by Crippen LogP contribution is 2.33. The Kier molecular flexibility index (Phi) is 6.68. The van der Waals surface area contributed by atoms with Gasteiger partial charge in [-0.15, -0.1) is 0 Å². The van der Waals surface area contributed by atoms with Crippen LogP contribution in [0.5, 0.6) is 0 Å². The molecule has 0 saturated carbocycles. The van der Waals surface area contributed by atoms with E-state index in [-0.39, 0.29) is 18.2 Å². The predicted molar refractivity (Wildman–Crippen MR) is 85.7 cm³/mol. The molecular weight excluding hydrogens is 280 g/mol. The lowest BCUT2D eigenvalue weighted by Crippen LogP contribution is -2.40. The van der Waals surface area contributed by atoms with Gasteiger partial charge in [0.15, 0.2) is 0 Å². The molecule has 2 amide bonds.